The van der Waals surface area contributed by atoms with Crippen LogP contribution in [0.4, 0.5) is 0 Å². The Hall–Kier alpha value is 0.932. The average molecular weight is 298 g/mol. The zero-order valence-corrected chi connectivity index (χ0v) is 6.39. The molecule has 0 aliphatic rings. The zero-order valence-electron chi connectivity index (χ0n) is 2.22. The molecule has 0 unspecified atom stereocenters. The van der Waals surface area contributed by atoms with E-state index in [2.05, 4.69) is 0 Å². The molecule has 0 rings (SSSR count). The van der Waals surface area contributed by atoms with Gasteiger partial charge in [-0.15, -0.1) is 0 Å². The van der Waals surface area contributed by atoms with Crippen LogP contribution in [0.3, 0.4) is 0 Å². The third-order valence-electron chi connectivity index (χ3n) is 0. The standard InChI is InChI=1S/C.3O.U/q;3*-2;+6. The summed E-state index contributed by atoms with van der Waals surface area (Å²) < 4.78 is 0. The molecule has 0 fully saturated rings. The Balaban J connectivity index is 0. The molecule has 0 saturated heterocycles. The van der Waals surface area contributed by atoms with E-state index in [1.165, 1.54) is 0 Å². The van der Waals surface area contributed by atoms with Gasteiger partial charge < -0.3 is 16.4 Å². The zero-order chi connectivity index (χ0) is 0. The van der Waals surface area contributed by atoms with E-state index in [0.29, 0.717) is 0 Å². The summed E-state index contributed by atoms with van der Waals surface area (Å²) in [6.45, 7) is 0. The minimum absolute atomic E-state index is 0. The van der Waals surface area contributed by atoms with E-state index in [1.54, 1.807) is 0 Å². The summed E-state index contributed by atoms with van der Waals surface area (Å²) in [7, 11) is 0. The molecule has 26 valence electrons. The van der Waals surface area contributed by atoms with Crippen molar-refractivity contribution in [1.82, 2.24) is 0 Å². The number of hydrogen-bond donors (Lipinski definition) is 0. The summed E-state index contributed by atoms with van der Waals surface area (Å²) in [5, 5.41) is 0. The van der Waals surface area contributed by atoms with Crippen LogP contribution in [0.1, 0.15) is 0 Å². The van der Waals surface area contributed by atoms with Crippen LogP contribution in [-0.2, 0) is 16.4 Å². The second-order valence-corrected chi connectivity index (χ2v) is 0. The third kappa shape index (κ3) is 48.8. The minimum Gasteiger partial charge on any atom is -2.00 e. The summed E-state index contributed by atoms with van der Waals surface area (Å²) in [5.74, 6) is 0. The second-order valence-electron chi connectivity index (χ2n) is 0. The summed E-state index contributed by atoms with van der Waals surface area (Å²) in [4.78, 5) is 0. The fraction of sp³-hybridized carbons (Fsp3) is 0. The molecule has 0 atom stereocenters. The summed E-state index contributed by atoms with van der Waals surface area (Å²) in [5.41, 5.74) is 0. The normalized spacial score (nSPS) is 0. The van der Waals surface area contributed by atoms with Crippen molar-refractivity contribution < 1.29 is 47.5 Å². The quantitative estimate of drug-likeness (QED) is 0.589. The molecule has 0 N–H and O–H groups in total. The van der Waals surface area contributed by atoms with Crippen LogP contribution in [0.25, 0.3) is 0 Å². The van der Waals surface area contributed by atoms with Crippen molar-refractivity contribution in [1.29, 1.82) is 0 Å². The smallest absolute Gasteiger partial charge is 2.00 e. The van der Waals surface area contributed by atoms with Crippen molar-refractivity contribution in [2.24, 2.45) is 0 Å². The van der Waals surface area contributed by atoms with Gasteiger partial charge in [-0.05, 0) is 0 Å². The van der Waals surface area contributed by atoms with Crippen LogP contribution < -0.4 is 0 Å². The Labute approximate surface area is 55.1 Å². The Bertz CT molecular complexity index is 6.85. The maximum Gasteiger partial charge on any atom is 6.00 e. The number of hydrogen-bond acceptors (Lipinski definition) is 0. The molecule has 0 saturated carbocycles. The Morgan fingerprint density at radius 1 is 0.600 bits per heavy atom. The van der Waals surface area contributed by atoms with E-state index in [1.807, 2.05) is 0 Å². The van der Waals surface area contributed by atoms with Gasteiger partial charge in [-0.2, -0.15) is 0 Å². The van der Waals surface area contributed by atoms with E-state index in [-0.39, 0.29) is 55.0 Å². The Morgan fingerprint density at radius 2 is 0.600 bits per heavy atom. The largest absolute Gasteiger partial charge is 6.00 e. The molecular weight excluding hydrogens is 298 g/mol. The van der Waals surface area contributed by atoms with Gasteiger partial charge in [0.15, 0.2) is 0 Å². The first kappa shape index (κ1) is 166. The Morgan fingerprint density at radius 3 is 0.600 bits per heavy atom. The molecule has 0 spiro atoms. The molecule has 0 heterocycles. The van der Waals surface area contributed by atoms with E-state index < -0.39 is 0 Å². The summed E-state index contributed by atoms with van der Waals surface area (Å²) >= 11 is 0. The van der Waals surface area contributed by atoms with E-state index in [9.17, 15) is 0 Å². The molecule has 0 aliphatic carbocycles. The molecule has 0 aromatic rings. The fourth-order valence-corrected chi connectivity index (χ4v) is 0. The monoisotopic (exact) mass is 298 g/mol. The molecule has 0 aliphatic heterocycles. The average Bonchev–Trinajstić information content (AvgIpc) is 0. The van der Waals surface area contributed by atoms with Gasteiger partial charge in [0.05, 0.1) is 0 Å². The molecule has 0 aromatic carbocycles. The van der Waals surface area contributed by atoms with Crippen molar-refractivity contribution in [3.05, 3.63) is 7.43 Å². The fourth-order valence-electron chi connectivity index (χ4n) is 0. The topological polar surface area (TPSA) is 85.5 Å². The van der Waals surface area contributed by atoms with E-state index in [4.69, 9.17) is 0 Å². The number of rotatable bonds is 0. The molecule has 4 radical (unpaired) electrons. The first-order chi connectivity index (χ1) is 0. The molecule has 5 heavy (non-hydrogen) atoms. The maximum atomic E-state index is 0. The third-order valence-corrected chi connectivity index (χ3v) is 0. The van der Waals surface area contributed by atoms with E-state index >= 15 is 0 Å². The van der Waals surface area contributed by atoms with Gasteiger partial charge in [-0.3, -0.25) is 0 Å². The molecule has 4 heteroatoms. The first-order valence-electron chi connectivity index (χ1n) is 0. The summed E-state index contributed by atoms with van der Waals surface area (Å²) in [6.07, 6.45) is 0. The van der Waals surface area contributed by atoms with Gasteiger partial charge in [0.1, 0.15) is 0 Å². The van der Waals surface area contributed by atoms with Crippen molar-refractivity contribution in [3.8, 4) is 0 Å². The predicted molar refractivity (Wildman–Crippen MR) is 5.30 cm³/mol. The van der Waals surface area contributed by atoms with E-state index in [0.717, 1.165) is 0 Å². The summed E-state index contributed by atoms with van der Waals surface area (Å²) in [6, 6.07) is 0. The van der Waals surface area contributed by atoms with Gasteiger partial charge in [0, 0.05) is 7.43 Å². The Kier molecular flexibility index (Phi) is 2920. The van der Waals surface area contributed by atoms with Gasteiger partial charge in [-0.25, -0.2) is 0 Å². The first-order valence-corrected chi connectivity index (χ1v) is 0. The van der Waals surface area contributed by atoms with Gasteiger partial charge in [0.2, 0.25) is 0 Å². The van der Waals surface area contributed by atoms with Crippen molar-refractivity contribution >= 4 is 0 Å². The van der Waals surface area contributed by atoms with Crippen LogP contribution in [0.15, 0.2) is 0 Å². The van der Waals surface area contributed by atoms with Crippen LogP contribution in [0.5, 0.6) is 0 Å². The van der Waals surface area contributed by atoms with Crippen LogP contribution in [-0.4, -0.2) is 0 Å². The van der Waals surface area contributed by atoms with Gasteiger partial charge >= 0.3 is 31.1 Å². The van der Waals surface area contributed by atoms with Crippen LogP contribution in [0, 0.1) is 38.5 Å². The van der Waals surface area contributed by atoms with Crippen molar-refractivity contribution in [2.45, 2.75) is 0 Å². The van der Waals surface area contributed by atoms with Crippen molar-refractivity contribution in [2.75, 3.05) is 0 Å². The predicted octanol–water partition coefficient (Wildman–Crippen LogP) is -0.275. The minimum atomic E-state index is 0. The molecule has 0 amide bonds. The molecular formula is CO3U. The van der Waals surface area contributed by atoms with Crippen LogP contribution in [0.2, 0.25) is 0 Å². The molecule has 3 nitrogen and oxygen atoms in total. The SMILES string of the molecule is [C].[O-2].[O-2].[O-2].[U+6]. The van der Waals surface area contributed by atoms with Crippen LogP contribution >= 0.6 is 0 Å². The maximum absolute atomic E-state index is 0. The van der Waals surface area contributed by atoms with Gasteiger partial charge in [0.25, 0.3) is 0 Å². The van der Waals surface area contributed by atoms with Gasteiger partial charge in [-0.1, -0.05) is 0 Å². The van der Waals surface area contributed by atoms with Crippen molar-refractivity contribution in [3.63, 3.8) is 0 Å². The second kappa shape index (κ2) is 87.8. The molecule has 0 bridgehead atoms. The molecule has 0 aromatic heterocycles.